The van der Waals surface area contributed by atoms with Crippen molar-refractivity contribution in [1.82, 2.24) is 4.98 Å². The Morgan fingerprint density at radius 1 is 1.39 bits per heavy atom. The highest BCUT2D eigenvalue weighted by molar-refractivity contribution is 8.01. The second-order valence-electron chi connectivity index (χ2n) is 3.75. The van der Waals surface area contributed by atoms with Crippen LogP contribution in [0.1, 0.15) is 19.3 Å². The molecule has 0 fully saturated rings. The molecule has 2 rings (SSSR count). The third-order valence-corrected chi connectivity index (χ3v) is 5.01. The van der Waals surface area contributed by atoms with Crippen molar-refractivity contribution < 1.29 is 4.79 Å². The highest BCUT2D eigenvalue weighted by Crippen LogP contribution is 2.31. The van der Waals surface area contributed by atoms with Crippen molar-refractivity contribution in [3.8, 4) is 0 Å². The second-order valence-corrected chi connectivity index (χ2v) is 6.98. The van der Waals surface area contributed by atoms with E-state index in [-0.39, 0.29) is 5.24 Å². The summed E-state index contributed by atoms with van der Waals surface area (Å²) < 4.78 is 2.20. The molecule has 96 valence electrons. The molecule has 0 aliphatic carbocycles. The number of thiazole rings is 1. The van der Waals surface area contributed by atoms with Crippen molar-refractivity contribution in [2.75, 3.05) is 5.75 Å². The molecular weight excluding hydrogens is 309 g/mol. The summed E-state index contributed by atoms with van der Waals surface area (Å²) in [4.78, 5) is 15.1. The minimum Gasteiger partial charge on any atom is -0.281 e. The molecule has 0 aliphatic rings. The van der Waals surface area contributed by atoms with Gasteiger partial charge in [0, 0.05) is 17.2 Å². The number of benzene rings is 1. The summed E-state index contributed by atoms with van der Waals surface area (Å²) in [7, 11) is 0. The van der Waals surface area contributed by atoms with Gasteiger partial charge in [-0.15, -0.1) is 11.3 Å². The maximum absolute atomic E-state index is 10.6. The summed E-state index contributed by atoms with van der Waals surface area (Å²) in [5.41, 5.74) is 0.950. The van der Waals surface area contributed by atoms with Crippen LogP contribution in [-0.4, -0.2) is 16.0 Å². The van der Waals surface area contributed by atoms with Gasteiger partial charge in [0.2, 0.25) is 5.24 Å². The molecule has 0 N–H and O–H groups in total. The van der Waals surface area contributed by atoms with Gasteiger partial charge >= 0.3 is 0 Å². The van der Waals surface area contributed by atoms with E-state index in [1.165, 1.54) is 0 Å². The molecule has 2 nitrogen and oxygen atoms in total. The smallest absolute Gasteiger partial charge is 0.221 e. The lowest BCUT2D eigenvalue weighted by atomic mass is 10.3. The normalized spacial score (nSPS) is 11.0. The van der Waals surface area contributed by atoms with Crippen molar-refractivity contribution >= 4 is 61.8 Å². The molecule has 0 atom stereocenters. The zero-order valence-corrected chi connectivity index (χ0v) is 12.6. The largest absolute Gasteiger partial charge is 0.281 e. The Morgan fingerprint density at radius 2 is 2.22 bits per heavy atom. The van der Waals surface area contributed by atoms with Gasteiger partial charge in [-0.2, -0.15) is 0 Å². The predicted molar refractivity (Wildman–Crippen MR) is 80.1 cm³/mol. The van der Waals surface area contributed by atoms with Crippen molar-refractivity contribution in [2.45, 2.75) is 23.6 Å². The third kappa shape index (κ3) is 4.12. The van der Waals surface area contributed by atoms with Gasteiger partial charge in [0.25, 0.3) is 0 Å². The van der Waals surface area contributed by atoms with E-state index in [1.54, 1.807) is 23.1 Å². The molecular formula is C12H11Cl2NOS2. The summed E-state index contributed by atoms with van der Waals surface area (Å²) in [5, 5.41) is 0.458. The number of unbranched alkanes of at least 4 members (excludes halogenated alkanes) is 1. The first-order valence-electron chi connectivity index (χ1n) is 5.52. The van der Waals surface area contributed by atoms with Crippen LogP contribution in [-0.2, 0) is 4.79 Å². The quantitative estimate of drug-likeness (QED) is 0.427. The maximum atomic E-state index is 10.6. The van der Waals surface area contributed by atoms with Crippen molar-refractivity contribution in [1.29, 1.82) is 0 Å². The highest BCUT2D eigenvalue weighted by atomic mass is 35.5. The Bertz CT molecular complexity index is 556. The predicted octanol–water partition coefficient (Wildman–Crippen LogP) is 4.98. The van der Waals surface area contributed by atoms with Gasteiger partial charge in [-0.1, -0.05) is 23.4 Å². The first-order chi connectivity index (χ1) is 8.65. The Balaban J connectivity index is 1.86. The summed E-state index contributed by atoms with van der Waals surface area (Å²) in [6.07, 6.45) is 2.27. The summed E-state index contributed by atoms with van der Waals surface area (Å²) in [6.45, 7) is 0. The van der Waals surface area contributed by atoms with Crippen LogP contribution < -0.4 is 0 Å². The molecule has 0 radical (unpaired) electrons. The lowest BCUT2D eigenvalue weighted by Crippen LogP contribution is -1.87. The Morgan fingerprint density at radius 3 is 3.00 bits per heavy atom. The number of aromatic nitrogens is 1. The van der Waals surface area contributed by atoms with Crippen LogP contribution in [0, 0.1) is 0 Å². The minimum absolute atomic E-state index is 0.255. The van der Waals surface area contributed by atoms with Gasteiger partial charge in [0.05, 0.1) is 10.2 Å². The lowest BCUT2D eigenvalue weighted by Gasteiger charge is -1.95. The number of carbonyl (C=O) groups excluding carboxylic acids is 1. The molecule has 1 aromatic heterocycles. The van der Waals surface area contributed by atoms with E-state index < -0.39 is 0 Å². The molecule has 2 aromatic rings. The van der Waals surface area contributed by atoms with E-state index in [0.717, 1.165) is 33.2 Å². The van der Waals surface area contributed by atoms with Gasteiger partial charge in [0.1, 0.15) is 0 Å². The zero-order valence-electron chi connectivity index (χ0n) is 9.49. The first kappa shape index (κ1) is 14.1. The molecule has 1 aromatic carbocycles. The number of halogens is 2. The number of hydrogen-bond acceptors (Lipinski definition) is 4. The average molecular weight is 320 g/mol. The molecule has 0 aliphatic heterocycles. The molecule has 0 spiro atoms. The van der Waals surface area contributed by atoms with Crippen LogP contribution >= 0.6 is 46.3 Å². The van der Waals surface area contributed by atoms with E-state index in [4.69, 9.17) is 23.2 Å². The van der Waals surface area contributed by atoms with E-state index in [1.807, 2.05) is 18.2 Å². The molecule has 0 bridgehead atoms. The van der Waals surface area contributed by atoms with Crippen molar-refractivity contribution in [2.24, 2.45) is 0 Å². The highest BCUT2D eigenvalue weighted by Gasteiger charge is 2.05. The molecule has 0 saturated carbocycles. The Kier molecular flexibility index (Phi) is 5.30. The van der Waals surface area contributed by atoms with Gasteiger partial charge < -0.3 is 0 Å². The Hall–Kier alpha value is -0.290. The van der Waals surface area contributed by atoms with Crippen LogP contribution in [0.3, 0.4) is 0 Å². The number of nitrogens with zero attached hydrogens (tertiary/aromatic N) is 1. The Labute approximate surface area is 124 Å². The van der Waals surface area contributed by atoms with E-state index in [0.29, 0.717) is 11.4 Å². The first-order valence-corrected chi connectivity index (χ1v) is 8.08. The van der Waals surface area contributed by atoms with Crippen LogP contribution in [0.15, 0.2) is 22.5 Å². The molecule has 0 unspecified atom stereocenters. The monoisotopic (exact) mass is 319 g/mol. The van der Waals surface area contributed by atoms with Crippen LogP contribution in [0.25, 0.3) is 10.2 Å². The summed E-state index contributed by atoms with van der Waals surface area (Å²) in [6, 6.07) is 5.75. The van der Waals surface area contributed by atoms with Crippen molar-refractivity contribution in [3.05, 3.63) is 23.2 Å². The minimum atomic E-state index is -0.255. The SMILES string of the molecule is O=C(Cl)CCCCSc1nc2cc(Cl)ccc2s1. The summed E-state index contributed by atoms with van der Waals surface area (Å²) in [5.74, 6) is 0.956. The number of rotatable bonds is 6. The van der Waals surface area contributed by atoms with Crippen LogP contribution in [0.2, 0.25) is 5.02 Å². The number of fused-ring (bicyclic) bond motifs is 1. The molecule has 0 amide bonds. The maximum Gasteiger partial charge on any atom is 0.221 e. The van der Waals surface area contributed by atoms with E-state index >= 15 is 0 Å². The third-order valence-electron chi connectivity index (χ3n) is 2.32. The lowest BCUT2D eigenvalue weighted by molar-refractivity contribution is -0.111. The van der Waals surface area contributed by atoms with Gasteiger partial charge in [-0.05, 0) is 42.6 Å². The topological polar surface area (TPSA) is 30.0 Å². The van der Waals surface area contributed by atoms with E-state index in [9.17, 15) is 4.79 Å². The molecule has 0 saturated heterocycles. The standard InChI is InChI=1S/C12H11Cl2NOS2/c13-8-4-5-10-9(7-8)15-12(18-10)17-6-2-1-3-11(14)16/h4-5,7H,1-3,6H2. The number of hydrogen-bond donors (Lipinski definition) is 0. The van der Waals surface area contributed by atoms with E-state index in [2.05, 4.69) is 4.98 Å². The van der Waals surface area contributed by atoms with Crippen molar-refractivity contribution in [3.63, 3.8) is 0 Å². The number of carbonyl (C=O) groups is 1. The van der Waals surface area contributed by atoms with Crippen LogP contribution in [0.4, 0.5) is 0 Å². The fraction of sp³-hybridized carbons (Fsp3) is 0.333. The molecule has 18 heavy (non-hydrogen) atoms. The fourth-order valence-corrected chi connectivity index (χ4v) is 3.89. The van der Waals surface area contributed by atoms with Gasteiger partial charge in [-0.25, -0.2) is 4.98 Å². The fourth-order valence-electron chi connectivity index (χ4n) is 1.47. The zero-order chi connectivity index (χ0) is 13.0. The number of thioether (sulfide) groups is 1. The molecule has 6 heteroatoms. The van der Waals surface area contributed by atoms with Crippen LogP contribution in [0.5, 0.6) is 0 Å². The second kappa shape index (κ2) is 6.75. The van der Waals surface area contributed by atoms with Gasteiger partial charge in [0.15, 0.2) is 4.34 Å². The average Bonchev–Trinajstić information content (AvgIpc) is 2.70. The molecule has 1 heterocycles. The summed E-state index contributed by atoms with van der Waals surface area (Å²) >= 11 is 14.6. The van der Waals surface area contributed by atoms with Gasteiger partial charge in [-0.3, -0.25) is 4.79 Å².